The van der Waals surface area contributed by atoms with Crippen LogP contribution >= 0.6 is 11.6 Å². The number of benzene rings is 2. The summed E-state index contributed by atoms with van der Waals surface area (Å²) >= 11 is 6.15. The molecule has 2 heterocycles. The number of hydrogen-bond donors (Lipinski definition) is 0. The standard InChI is InChI=1S/C27H32ClN3O6S/c1-35-13-11-31-23(16-29-27(31)38(33,34)19-20-6-3-9-24(14-20)36-2)17-30(18-25-10-5-12-37-25)26(32)21-7-4-8-22(28)15-21/h3-4,6-9,14-16,25H,5,10-13,17-19H2,1-2H3/t25-/m0/s1. The number of aromatic nitrogens is 2. The number of ether oxygens (including phenoxy) is 3. The smallest absolute Gasteiger partial charge is 0.254 e. The van der Waals surface area contributed by atoms with E-state index in [4.69, 9.17) is 25.8 Å². The third-order valence-electron chi connectivity index (χ3n) is 6.35. The normalized spacial score (nSPS) is 15.5. The van der Waals surface area contributed by atoms with Crippen molar-refractivity contribution in [1.29, 1.82) is 0 Å². The molecule has 1 fully saturated rings. The van der Waals surface area contributed by atoms with Gasteiger partial charge in [0.1, 0.15) is 5.75 Å². The van der Waals surface area contributed by atoms with Crippen molar-refractivity contribution in [3.63, 3.8) is 0 Å². The van der Waals surface area contributed by atoms with Crippen LogP contribution in [0, 0.1) is 0 Å². The molecule has 4 rings (SSSR count). The lowest BCUT2D eigenvalue weighted by Gasteiger charge is -2.26. The molecule has 3 aromatic rings. The van der Waals surface area contributed by atoms with Crippen LogP contribution in [-0.4, -0.2) is 68.9 Å². The summed E-state index contributed by atoms with van der Waals surface area (Å²) in [6.07, 6.45) is 3.21. The minimum atomic E-state index is -3.82. The van der Waals surface area contributed by atoms with Gasteiger partial charge in [-0.3, -0.25) is 4.79 Å². The molecule has 0 aliphatic carbocycles. The van der Waals surface area contributed by atoms with Crippen LogP contribution in [-0.2, 0) is 38.2 Å². The zero-order chi connectivity index (χ0) is 27.1. The summed E-state index contributed by atoms with van der Waals surface area (Å²) in [4.78, 5) is 19.5. The highest BCUT2D eigenvalue weighted by molar-refractivity contribution is 7.90. The summed E-state index contributed by atoms with van der Waals surface area (Å²) in [5.74, 6) is 0.114. The zero-order valence-electron chi connectivity index (χ0n) is 21.5. The lowest BCUT2D eigenvalue weighted by atomic mass is 10.1. The van der Waals surface area contributed by atoms with Crippen LogP contribution in [0.4, 0.5) is 0 Å². The second-order valence-electron chi connectivity index (χ2n) is 9.12. The number of carbonyl (C=O) groups excluding carboxylic acids is 1. The number of rotatable bonds is 12. The topological polar surface area (TPSA) is 100.0 Å². The Balaban J connectivity index is 1.65. The summed E-state index contributed by atoms with van der Waals surface area (Å²) in [6, 6.07) is 13.7. The van der Waals surface area contributed by atoms with E-state index in [-0.39, 0.29) is 42.6 Å². The fourth-order valence-corrected chi connectivity index (χ4v) is 6.18. The number of carbonyl (C=O) groups is 1. The van der Waals surface area contributed by atoms with Crippen LogP contribution < -0.4 is 4.74 Å². The van der Waals surface area contributed by atoms with Crippen molar-refractivity contribution in [3.8, 4) is 5.75 Å². The maximum absolute atomic E-state index is 13.5. The average molecular weight is 562 g/mol. The minimum Gasteiger partial charge on any atom is -0.497 e. The van der Waals surface area contributed by atoms with Crippen molar-refractivity contribution in [2.45, 2.75) is 42.9 Å². The quantitative estimate of drug-likeness (QED) is 0.330. The van der Waals surface area contributed by atoms with Gasteiger partial charge in [-0.05, 0) is 48.7 Å². The molecule has 1 atom stereocenters. The van der Waals surface area contributed by atoms with Gasteiger partial charge >= 0.3 is 0 Å². The van der Waals surface area contributed by atoms with Crippen molar-refractivity contribution >= 4 is 27.3 Å². The molecule has 0 N–H and O–H groups in total. The first-order chi connectivity index (χ1) is 18.3. The lowest BCUT2D eigenvalue weighted by molar-refractivity contribution is 0.0500. The molecule has 204 valence electrons. The largest absolute Gasteiger partial charge is 0.497 e. The van der Waals surface area contributed by atoms with Crippen LogP contribution in [0.25, 0.3) is 0 Å². The van der Waals surface area contributed by atoms with Crippen molar-refractivity contribution in [3.05, 3.63) is 76.6 Å². The molecule has 0 unspecified atom stereocenters. The maximum Gasteiger partial charge on any atom is 0.254 e. The molecule has 1 saturated heterocycles. The van der Waals surface area contributed by atoms with E-state index in [1.165, 1.54) is 13.3 Å². The van der Waals surface area contributed by atoms with Crippen molar-refractivity contribution in [2.24, 2.45) is 0 Å². The molecule has 0 radical (unpaired) electrons. The summed E-state index contributed by atoms with van der Waals surface area (Å²) < 4.78 is 44.9. The molecule has 1 amide bonds. The Bertz CT molecular complexity index is 1350. The predicted octanol–water partition coefficient (Wildman–Crippen LogP) is 3.99. The van der Waals surface area contributed by atoms with Gasteiger partial charge in [0, 0.05) is 37.4 Å². The highest BCUT2D eigenvalue weighted by Gasteiger charge is 2.28. The highest BCUT2D eigenvalue weighted by Crippen LogP contribution is 2.23. The number of nitrogens with zero attached hydrogens (tertiary/aromatic N) is 3. The van der Waals surface area contributed by atoms with Crippen molar-refractivity contribution in [1.82, 2.24) is 14.5 Å². The van der Waals surface area contributed by atoms with Gasteiger partial charge in [-0.15, -0.1) is 0 Å². The number of imidazole rings is 1. The molecule has 0 bridgehead atoms. The van der Waals surface area contributed by atoms with Gasteiger partial charge in [0.15, 0.2) is 0 Å². The molecule has 0 spiro atoms. The van der Waals surface area contributed by atoms with E-state index in [1.807, 2.05) is 0 Å². The van der Waals surface area contributed by atoms with E-state index in [0.29, 0.717) is 40.7 Å². The van der Waals surface area contributed by atoms with E-state index >= 15 is 0 Å². The van der Waals surface area contributed by atoms with Crippen LogP contribution in [0.15, 0.2) is 59.9 Å². The molecular weight excluding hydrogens is 530 g/mol. The van der Waals surface area contributed by atoms with Gasteiger partial charge in [-0.1, -0.05) is 29.8 Å². The van der Waals surface area contributed by atoms with Crippen LogP contribution in [0.1, 0.15) is 34.5 Å². The van der Waals surface area contributed by atoms with E-state index in [2.05, 4.69) is 4.98 Å². The lowest BCUT2D eigenvalue weighted by Crippen LogP contribution is -2.37. The fraction of sp³-hybridized carbons (Fsp3) is 0.407. The summed E-state index contributed by atoms with van der Waals surface area (Å²) in [5, 5.41) is 0.392. The fourth-order valence-electron chi connectivity index (χ4n) is 4.49. The van der Waals surface area contributed by atoms with Crippen LogP contribution in [0.5, 0.6) is 5.75 Å². The Kier molecular flexibility index (Phi) is 9.43. The third-order valence-corrected chi connectivity index (χ3v) is 8.18. The molecule has 9 nitrogen and oxygen atoms in total. The van der Waals surface area contributed by atoms with Gasteiger partial charge in [0.25, 0.3) is 5.91 Å². The number of sulfone groups is 1. The van der Waals surface area contributed by atoms with E-state index < -0.39 is 9.84 Å². The Morgan fingerprint density at radius 1 is 1.21 bits per heavy atom. The van der Waals surface area contributed by atoms with Gasteiger partial charge < -0.3 is 23.7 Å². The number of methoxy groups -OCH3 is 2. The predicted molar refractivity (Wildman–Crippen MR) is 143 cm³/mol. The van der Waals surface area contributed by atoms with E-state index in [1.54, 1.807) is 65.1 Å². The molecule has 1 aromatic heterocycles. The molecular formula is C27H32ClN3O6S. The SMILES string of the molecule is COCCn1c(CN(C[C@@H]2CCCO2)C(=O)c2cccc(Cl)c2)cnc1S(=O)(=O)Cc1cccc(OC)c1. The maximum atomic E-state index is 13.5. The number of hydrogen-bond acceptors (Lipinski definition) is 7. The second-order valence-corrected chi connectivity index (χ2v) is 11.4. The van der Waals surface area contributed by atoms with Crippen LogP contribution in [0.2, 0.25) is 5.02 Å². The van der Waals surface area contributed by atoms with Gasteiger partial charge in [0.2, 0.25) is 15.0 Å². The molecule has 0 saturated carbocycles. The van der Waals surface area contributed by atoms with E-state index in [0.717, 1.165) is 12.8 Å². The summed E-state index contributed by atoms with van der Waals surface area (Å²) in [5.41, 5.74) is 1.62. The molecule has 2 aromatic carbocycles. The number of halogens is 1. The molecule has 1 aliphatic heterocycles. The second kappa shape index (κ2) is 12.8. The minimum absolute atomic E-state index is 0.0698. The number of amides is 1. The Morgan fingerprint density at radius 2 is 2.03 bits per heavy atom. The highest BCUT2D eigenvalue weighted by atomic mass is 35.5. The Morgan fingerprint density at radius 3 is 2.74 bits per heavy atom. The molecule has 1 aliphatic rings. The van der Waals surface area contributed by atoms with Crippen molar-refractivity contribution in [2.75, 3.05) is 34.0 Å². The van der Waals surface area contributed by atoms with Gasteiger partial charge in [-0.2, -0.15) is 0 Å². The van der Waals surface area contributed by atoms with Gasteiger partial charge in [-0.25, -0.2) is 13.4 Å². The van der Waals surface area contributed by atoms with Crippen molar-refractivity contribution < 1.29 is 27.4 Å². The zero-order valence-corrected chi connectivity index (χ0v) is 23.1. The first-order valence-electron chi connectivity index (χ1n) is 12.4. The first-order valence-corrected chi connectivity index (χ1v) is 14.4. The van der Waals surface area contributed by atoms with Gasteiger partial charge in [0.05, 0.1) is 44.0 Å². The third kappa shape index (κ3) is 6.93. The first kappa shape index (κ1) is 28.1. The van der Waals surface area contributed by atoms with Crippen LogP contribution in [0.3, 0.4) is 0 Å². The summed E-state index contributed by atoms with van der Waals surface area (Å²) in [6.45, 7) is 1.71. The Labute approximate surface area is 228 Å². The molecule has 11 heteroatoms. The Hall–Kier alpha value is -2.92. The average Bonchev–Trinajstić information content (AvgIpc) is 3.57. The van der Waals surface area contributed by atoms with E-state index in [9.17, 15) is 13.2 Å². The molecule has 38 heavy (non-hydrogen) atoms. The summed E-state index contributed by atoms with van der Waals surface area (Å²) in [7, 11) is -0.738. The monoisotopic (exact) mass is 561 g/mol.